The van der Waals surface area contributed by atoms with E-state index in [0.29, 0.717) is 5.82 Å². The number of alkyl halides is 3. The minimum Gasteiger partial charge on any atom is -0.338 e. The lowest BCUT2D eigenvalue weighted by Gasteiger charge is -2.22. The van der Waals surface area contributed by atoms with Crippen LogP contribution in [0.5, 0.6) is 0 Å². The Morgan fingerprint density at radius 3 is 2.26 bits per heavy atom. The number of hydrogen-bond donors (Lipinski definition) is 1. The lowest BCUT2D eigenvalue weighted by atomic mass is 10.0. The second kappa shape index (κ2) is 6.61. The van der Waals surface area contributed by atoms with Crippen molar-refractivity contribution in [3.63, 3.8) is 0 Å². The third-order valence-electron chi connectivity index (χ3n) is 3.07. The third kappa shape index (κ3) is 4.04. The van der Waals surface area contributed by atoms with E-state index in [1.54, 1.807) is 13.8 Å². The van der Waals surface area contributed by atoms with Crippen molar-refractivity contribution in [2.45, 2.75) is 38.5 Å². The molecule has 0 fully saturated rings. The molecule has 1 atom stereocenters. The van der Waals surface area contributed by atoms with Crippen molar-refractivity contribution in [2.24, 2.45) is 0 Å². The molecule has 2 aromatic rings. The third-order valence-corrected chi connectivity index (χ3v) is 3.07. The van der Waals surface area contributed by atoms with Gasteiger partial charge in [-0.15, -0.1) is 0 Å². The Kier molecular flexibility index (Phi) is 4.98. The lowest BCUT2D eigenvalue weighted by molar-refractivity contribution is -0.159. The van der Waals surface area contributed by atoms with Crippen LogP contribution >= 0.6 is 0 Å². The number of halogens is 5. The van der Waals surface area contributed by atoms with Gasteiger partial charge in [0, 0.05) is 11.5 Å². The van der Waals surface area contributed by atoms with Gasteiger partial charge in [0.15, 0.2) is 5.82 Å². The fourth-order valence-corrected chi connectivity index (χ4v) is 1.93. The number of rotatable bonds is 5. The maximum atomic E-state index is 13.6. The summed E-state index contributed by atoms with van der Waals surface area (Å²) in [6.45, 7) is 3.10. The second-order valence-corrected chi connectivity index (χ2v) is 5.19. The first-order valence-electron chi connectivity index (χ1n) is 6.76. The summed E-state index contributed by atoms with van der Waals surface area (Å²) in [5, 5.41) is 5.63. The van der Waals surface area contributed by atoms with E-state index in [0.717, 1.165) is 18.2 Å². The van der Waals surface area contributed by atoms with Crippen molar-refractivity contribution in [1.82, 2.24) is 15.5 Å². The van der Waals surface area contributed by atoms with E-state index in [9.17, 15) is 22.0 Å². The molecular weight excluding hydrogens is 321 g/mol. The highest BCUT2D eigenvalue weighted by Gasteiger charge is 2.43. The zero-order valence-electron chi connectivity index (χ0n) is 12.3. The molecule has 0 saturated carbocycles. The number of nitrogens with zero attached hydrogens (tertiary/aromatic N) is 2. The van der Waals surface area contributed by atoms with E-state index in [2.05, 4.69) is 10.1 Å². The van der Waals surface area contributed by atoms with Gasteiger partial charge in [-0.1, -0.05) is 25.1 Å². The standard InChI is InChI=1S/C14H14F5N3O/c1-7(2)13-21-10(23-22-13)6-20-12(14(17,18)19)11-8(15)4-3-5-9(11)16/h3-5,7,12,20H,6H2,1-2H3. The summed E-state index contributed by atoms with van der Waals surface area (Å²) < 4.78 is 71.5. The van der Waals surface area contributed by atoms with E-state index >= 15 is 0 Å². The van der Waals surface area contributed by atoms with Gasteiger partial charge in [-0.3, -0.25) is 5.32 Å². The molecule has 0 aliphatic carbocycles. The lowest BCUT2D eigenvalue weighted by Crippen LogP contribution is -2.35. The van der Waals surface area contributed by atoms with Crippen LogP contribution < -0.4 is 5.32 Å². The molecule has 0 aliphatic rings. The van der Waals surface area contributed by atoms with Gasteiger partial charge < -0.3 is 4.52 Å². The smallest absolute Gasteiger partial charge is 0.338 e. The van der Waals surface area contributed by atoms with Crippen LogP contribution in [0.25, 0.3) is 0 Å². The first kappa shape index (κ1) is 17.3. The van der Waals surface area contributed by atoms with Crippen molar-refractivity contribution in [1.29, 1.82) is 0 Å². The Morgan fingerprint density at radius 2 is 1.78 bits per heavy atom. The summed E-state index contributed by atoms with van der Waals surface area (Å²) in [5.41, 5.74) is -1.09. The minimum absolute atomic E-state index is 0.0603. The Balaban J connectivity index is 2.23. The predicted octanol–water partition coefficient (Wildman–Crippen LogP) is 3.86. The summed E-state index contributed by atoms with van der Waals surface area (Å²) in [6.07, 6.45) is -4.90. The van der Waals surface area contributed by atoms with Crippen LogP contribution in [0.2, 0.25) is 0 Å². The Hall–Kier alpha value is -2.03. The van der Waals surface area contributed by atoms with Crippen LogP contribution in [0.15, 0.2) is 22.7 Å². The number of aromatic nitrogens is 2. The van der Waals surface area contributed by atoms with Gasteiger partial charge in [0.1, 0.15) is 17.7 Å². The van der Waals surface area contributed by atoms with Gasteiger partial charge in [0.05, 0.1) is 6.54 Å². The van der Waals surface area contributed by atoms with Gasteiger partial charge >= 0.3 is 6.18 Å². The summed E-state index contributed by atoms with van der Waals surface area (Å²) in [4.78, 5) is 3.91. The highest BCUT2D eigenvalue weighted by molar-refractivity contribution is 5.24. The molecule has 4 nitrogen and oxygen atoms in total. The Labute approximate surface area is 128 Å². The van der Waals surface area contributed by atoms with E-state index < -0.39 is 36.0 Å². The van der Waals surface area contributed by atoms with Crippen LogP contribution in [0, 0.1) is 11.6 Å². The molecular formula is C14H14F5N3O. The molecule has 0 radical (unpaired) electrons. The molecule has 1 N–H and O–H groups in total. The summed E-state index contributed by atoms with van der Waals surface area (Å²) in [7, 11) is 0. The molecule has 2 rings (SSSR count). The molecule has 9 heteroatoms. The van der Waals surface area contributed by atoms with Crippen LogP contribution in [0.3, 0.4) is 0 Å². The van der Waals surface area contributed by atoms with Gasteiger partial charge in [0.2, 0.25) is 5.89 Å². The fraction of sp³-hybridized carbons (Fsp3) is 0.429. The van der Waals surface area contributed by atoms with E-state index in [1.807, 2.05) is 5.32 Å². The SMILES string of the molecule is CC(C)c1noc(CNC(c2c(F)cccc2F)C(F)(F)F)n1. The normalized spacial score (nSPS) is 13.6. The first-order chi connectivity index (χ1) is 10.7. The highest BCUT2D eigenvalue weighted by atomic mass is 19.4. The molecule has 1 aromatic heterocycles. The largest absolute Gasteiger partial charge is 0.408 e. The van der Waals surface area contributed by atoms with Crippen molar-refractivity contribution in [2.75, 3.05) is 0 Å². The van der Waals surface area contributed by atoms with Gasteiger partial charge in [-0.05, 0) is 12.1 Å². The molecule has 0 aliphatic heterocycles. The summed E-state index contributed by atoms with van der Waals surface area (Å²) in [5.74, 6) is -2.39. The van der Waals surface area contributed by atoms with Crippen LogP contribution in [0.4, 0.5) is 22.0 Å². The molecule has 126 valence electrons. The molecule has 0 spiro atoms. The van der Waals surface area contributed by atoms with Crippen molar-refractivity contribution >= 4 is 0 Å². The van der Waals surface area contributed by atoms with Gasteiger partial charge in [-0.2, -0.15) is 18.2 Å². The average Bonchev–Trinajstić information content (AvgIpc) is 2.89. The summed E-state index contributed by atoms with van der Waals surface area (Å²) >= 11 is 0. The maximum Gasteiger partial charge on any atom is 0.408 e. The van der Waals surface area contributed by atoms with Crippen molar-refractivity contribution in [3.8, 4) is 0 Å². The van der Waals surface area contributed by atoms with Crippen molar-refractivity contribution in [3.05, 3.63) is 47.1 Å². The summed E-state index contributed by atoms with van der Waals surface area (Å²) in [6, 6.07) is -0.00244. The average molecular weight is 335 g/mol. The molecule has 0 bridgehead atoms. The topological polar surface area (TPSA) is 51.0 Å². The Bertz CT molecular complexity index is 648. The minimum atomic E-state index is -4.90. The maximum absolute atomic E-state index is 13.6. The monoisotopic (exact) mass is 335 g/mol. The zero-order valence-corrected chi connectivity index (χ0v) is 12.3. The Morgan fingerprint density at radius 1 is 1.17 bits per heavy atom. The van der Waals surface area contributed by atoms with E-state index in [-0.39, 0.29) is 11.8 Å². The van der Waals surface area contributed by atoms with Crippen LogP contribution in [-0.4, -0.2) is 16.3 Å². The molecule has 23 heavy (non-hydrogen) atoms. The first-order valence-corrected chi connectivity index (χ1v) is 6.76. The quantitative estimate of drug-likeness (QED) is 0.843. The molecule has 1 aromatic carbocycles. The molecule has 0 amide bonds. The number of nitrogens with one attached hydrogen (secondary N) is 1. The predicted molar refractivity (Wildman–Crippen MR) is 70.4 cm³/mol. The fourth-order valence-electron chi connectivity index (χ4n) is 1.93. The van der Waals surface area contributed by atoms with E-state index in [1.165, 1.54) is 0 Å². The van der Waals surface area contributed by atoms with Gasteiger partial charge in [0.25, 0.3) is 0 Å². The molecule has 0 saturated heterocycles. The highest BCUT2D eigenvalue weighted by Crippen LogP contribution is 2.35. The zero-order chi connectivity index (χ0) is 17.2. The second-order valence-electron chi connectivity index (χ2n) is 5.19. The molecule has 1 heterocycles. The van der Waals surface area contributed by atoms with Crippen LogP contribution in [-0.2, 0) is 6.54 Å². The van der Waals surface area contributed by atoms with E-state index in [4.69, 9.17) is 4.52 Å². The van der Waals surface area contributed by atoms with Crippen molar-refractivity contribution < 1.29 is 26.5 Å². The van der Waals surface area contributed by atoms with Gasteiger partial charge in [-0.25, -0.2) is 8.78 Å². The van der Waals surface area contributed by atoms with Crippen LogP contribution in [0.1, 0.15) is 43.1 Å². The number of benzene rings is 1. The molecule has 1 unspecified atom stereocenters. The number of hydrogen-bond acceptors (Lipinski definition) is 4.